The molecule has 0 N–H and O–H groups in total. The van der Waals surface area contributed by atoms with Gasteiger partial charge in [-0.05, 0) is 35.9 Å². The van der Waals surface area contributed by atoms with Gasteiger partial charge in [-0.2, -0.15) is 0 Å². The van der Waals surface area contributed by atoms with Crippen LogP contribution in [0, 0.1) is 10.1 Å². The fourth-order valence-corrected chi connectivity index (χ4v) is 1.63. The summed E-state index contributed by atoms with van der Waals surface area (Å²) in [7, 11) is 0. The van der Waals surface area contributed by atoms with Gasteiger partial charge in [-0.25, -0.2) is 4.79 Å². The number of carboxylic acid groups (broad SMARTS) is 1. The first-order valence-corrected chi connectivity index (χ1v) is 5.76. The van der Waals surface area contributed by atoms with Crippen molar-refractivity contribution in [2.75, 3.05) is 0 Å². The van der Waals surface area contributed by atoms with Crippen molar-refractivity contribution in [2.45, 2.75) is 0 Å². The standard InChI is InChI=1S/C14H9NO6/c16-13(17)9-5-7-10(8-6-9)21-14(18)11-3-1-2-4-12(11)15(19)20/h1-8H,(H,16,17)/p-1. The van der Waals surface area contributed by atoms with Gasteiger partial charge in [0.05, 0.1) is 10.9 Å². The van der Waals surface area contributed by atoms with Crippen LogP contribution in [0.2, 0.25) is 0 Å². The van der Waals surface area contributed by atoms with Crippen molar-refractivity contribution in [2.24, 2.45) is 0 Å². The van der Waals surface area contributed by atoms with Gasteiger partial charge in [0.2, 0.25) is 0 Å². The van der Waals surface area contributed by atoms with E-state index in [4.69, 9.17) is 4.74 Å². The number of carbonyl (C=O) groups is 2. The zero-order chi connectivity index (χ0) is 15.4. The summed E-state index contributed by atoms with van der Waals surface area (Å²) in [5, 5.41) is 21.4. The lowest BCUT2D eigenvalue weighted by Crippen LogP contribution is -2.22. The first-order chi connectivity index (χ1) is 9.99. The van der Waals surface area contributed by atoms with E-state index in [9.17, 15) is 24.8 Å². The van der Waals surface area contributed by atoms with Crippen molar-refractivity contribution >= 4 is 17.6 Å². The molecule has 0 aliphatic carbocycles. The van der Waals surface area contributed by atoms with E-state index in [0.717, 1.165) is 0 Å². The zero-order valence-electron chi connectivity index (χ0n) is 10.5. The van der Waals surface area contributed by atoms with Gasteiger partial charge in [0.15, 0.2) is 0 Å². The van der Waals surface area contributed by atoms with Crippen LogP contribution in [0.5, 0.6) is 5.75 Å². The summed E-state index contributed by atoms with van der Waals surface area (Å²) < 4.78 is 4.97. The Bertz CT molecular complexity index is 708. The Hall–Kier alpha value is -3.22. The molecule has 0 aliphatic heterocycles. The van der Waals surface area contributed by atoms with Crippen molar-refractivity contribution in [3.05, 3.63) is 69.8 Å². The number of hydrogen-bond acceptors (Lipinski definition) is 6. The number of carbonyl (C=O) groups excluding carboxylic acids is 2. The lowest BCUT2D eigenvalue weighted by Gasteiger charge is -2.06. The van der Waals surface area contributed by atoms with E-state index in [-0.39, 0.29) is 22.6 Å². The van der Waals surface area contributed by atoms with Gasteiger partial charge in [-0.3, -0.25) is 10.1 Å². The second-order valence-corrected chi connectivity index (χ2v) is 3.98. The number of nitro groups is 1. The average Bonchev–Trinajstić information content (AvgIpc) is 2.47. The number of hydrogen-bond donors (Lipinski definition) is 0. The lowest BCUT2D eigenvalue weighted by molar-refractivity contribution is -0.385. The molecule has 0 unspecified atom stereocenters. The number of ether oxygens (including phenoxy) is 1. The highest BCUT2D eigenvalue weighted by atomic mass is 16.6. The summed E-state index contributed by atoms with van der Waals surface area (Å²) in [5.74, 6) is -2.18. The number of esters is 1. The Kier molecular flexibility index (Phi) is 3.94. The minimum absolute atomic E-state index is 0.0690. The third kappa shape index (κ3) is 3.21. The van der Waals surface area contributed by atoms with Gasteiger partial charge in [0, 0.05) is 6.07 Å². The van der Waals surface area contributed by atoms with Crippen LogP contribution in [0.3, 0.4) is 0 Å². The summed E-state index contributed by atoms with van der Waals surface area (Å²) in [6.45, 7) is 0. The van der Waals surface area contributed by atoms with Crippen LogP contribution in [0.1, 0.15) is 20.7 Å². The molecule has 0 aliphatic rings. The molecule has 0 bridgehead atoms. The summed E-state index contributed by atoms with van der Waals surface area (Å²) in [6, 6.07) is 10.3. The minimum atomic E-state index is -1.36. The van der Waals surface area contributed by atoms with Crippen molar-refractivity contribution in [3.63, 3.8) is 0 Å². The molecule has 0 heterocycles. The Morgan fingerprint density at radius 1 is 1.00 bits per heavy atom. The molecule has 7 heteroatoms. The van der Waals surface area contributed by atoms with Crippen molar-refractivity contribution < 1.29 is 24.4 Å². The fourth-order valence-electron chi connectivity index (χ4n) is 1.63. The Morgan fingerprint density at radius 3 is 2.19 bits per heavy atom. The predicted octanol–water partition coefficient (Wildman–Crippen LogP) is 1.18. The topological polar surface area (TPSA) is 110 Å². The van der Waals surface area contributed by atoms with Gasteiger partial charge in [-0.15, -0.1) is 0 Å². The van der Waals surface area contributed by atoms with Gasteiger partial charge in [0.25, 0.3) is 5.69 Å². The molecular weight excluding hydrogens is 278 g/mol. The van der Waals surface area contributed by atoms with Crippen LogP contribution in [-0.4, -0.2) is 16.9 Å². The first-order valence-electron chi connectivity index (χ1n) is 5.76. The van der Waals surface area contributed by atoms with E-state index < -0.39 is 16.9 Å². The molecule has 0 radical (unpaired) electrons. The van der Waals surface area contributed by atoms with E-state index in [1.165, 1.54) is 48.5 Å². The SMILES string of the molecule is O=C([O-])c1ccc(OC(=O)c2ccccc2[N+](=O)[O-])cc1. The normalized spacial score (nSPS) is 9.90. The fraction of sp³-hybridized carbons (Fsp3) is 0. The Labute approximate surface area is 118 Å². The Balaban J connectivity index is 2.22. The smallest absolute Gasteiger partial charge is 0.350 e. The number of nitrogens with zero attached hydrogens (tertiary/aromatic N) is 1. The van der Waals surface area contributed by atoms with E-state index in [1.54, 1.807) is 0 Å². The van der Waals surface area contributed by atoms with Crippen LogP contribution in [0.4, 0.5) is 5.69 Å². The molecule has 21 heavy (non-hydrogen) atoms. The van der Waals surface area contributed by atoms with Gasteiger partial charge < -0.3 is 14.6 Å². The van der Waals surface area contributed by atoms with Crippen molar-refractivity contribution in [1.29, 1.82) is 0 Å². The predicted molar refractivity (Wildman–Crippen MR) is 68.8 cm³/mol. The number of rotatable bonds is 4. The highest BCUT2D eigenvalue weighted by Crippen LogP contribution is 2.20. The summed E-state index contributed by atoms with van der Waals surface area (Å²) in [6.07, 6.45) is 0. The van der Waals surface area contributed by atoms with Crippen LogP contribution in [0.25, 0.3) is 0 Å². The summed E-state index contributed by atoms with van der Waals surface area (Å²) >= 11 is 0. The minimum Gasteiger partial charge on any atom is -0.545 e. The third-order valence-corrected chi connectivity index (χ3v) is 2.62. The highest BCUT2D eigenvalue weighted by Gasteiger charge is 2.20. The molecule has 7 nitrogen and oxygen atoms in total. The molecular formula is C14H8NO6-. The van der Waals surface area contributed by atoms with Crippen LogP contribution < -0.4 is 9.84 Å². The molecule has 2 aromatic carbocycles. The largest absolute Gasteiger partial charge is 0.545 e. The quantitative estimate of drug-likeness (QED) is 0.361. The molecule has 2 aromatic rings. The number of aromatic carboxylic acids is 1. The van der Waals surface area contributed by atoms with Crippen LogP contribution in [-0.2, 0) is 0 Å². The van der Waals surface area contributed by atoms with Crippen molar-refractivity contribution in [3.8, 4) is 5.75 Å². The summed E-state index contributed by atoms with van der Waals surface area (Å²) in [5.41, 5.74) is -0.624. The molecule has 0 saturated carbocycles. The van der Waals surface area contributed by atoms with Crippen molar-refractivity contribution in [1.82, 2.24) is 0 Å². The molecule has 0 amide bonds. The van der Waals surface area contributed by atoms with Gasteiger partial charge in [0.1, 0.15) is 11.3 Å². The number of nitro benzene ring substituents is 1. The molecule has 0 fully saturated rings. The van der Waals surface area contributed by atoms with E-state index in [2.05, 4.69) is 0 Å². The second kappa shape index (κ2) is 5.83. The molecule has 0 atom stereocenters. The molecule has 0 saturated heterocycles. The molecule has 106 valence electrons. The monoisotopic (exact) mass is 286 g/mol. The maximum atomic E-state index is 11.9. The van der Waals surface area contributed by atoms with Gasteiger partial charge >= 0.3 is 5.97 Å². The first kappa shape index (κ1) is 14.2. The van der Waals surface area contributed by atoms with Crippen LogP contribution in [0.15, 0.2) is 48.5 Å². The molecule has 0 spiro atoms. The van der Waals surface area contributed by atoms with Gasteiger partial charge in [-0.1, -0.05) is 12.1 Å². The maximum Gasteiger partial charge on any atom is 0.350 e. The highest BCUT2D eigenvalue weighted by molar-refractivity contribution is 5.95. The maximum absolute atomic E-state index is 11.9. The average molecular weight is 286 g/mol. The van der Waals surface area contributed by atoms with E-state index >= 15 is 0 Å². The number of carboxylic acids is 1. The Morgan fingerprint density at radius 2 is 1.62 bits per heavy atom. The summed E-state index contributed by atoms with van der Waals surface area (Å²) in [4.78, 5) is 32.6. The molecule has 0 aromatic heterocycles. The van der Waals surface area contributed by atoms with E-state index in [1.807, 2.05) is 0 Å². The number of benzene rings is 2. The lowest BCUT2D eigenvalue weighted by atomic mass is 10.2. The van der Waals surface area contributed by atoms with Crippen LogP contribution >= 0.6 is 0 Å². The van der Waals surface area contributed by atoms with E-state index in [0.29, 0.717) is 0 Å². The third-order valence-electron chi connectivity index (χ3n) is 2.62. The zero-order valence-corrected chi connectivity index (χ0v) is 10.5. The molecule has 2 rings (SSSR count). The number of para-hydroxylation sites is 1. The second-order valence-electron chi connectivity index (χ2n) is 3.98.